The Bertz CT molecular complexity index is 1280. The van der Waals surface area contributed by atoms with Gasteiger partial charge in [-0.05, 0) is 36.4 Å². The molecule has 0 saturated carbocycles. The molecule has 1 aromatic heterocycles. The molecule has 2 aromatic carbocycles. The maximum Gasteiger partial charge on any atom is 0.328 e. The molecule has 0 spiro atoms. The number of benzene rings is 2. The zero-order valence-electron chi connectivity index (χ0n) is 15.8. The third-order valence-corrected chi connectivity index (χ3v) is 6.31. The molecule has 0 bridgehead atoms. The van der Waals surface area contributed by atoms with Gasteiger partial charge in [-0.1, -0.05) is 23.2 Å². The minimum Gasteiger partial charge on any atom is -0.324 e. The summed E-state index contributed by atoms with van der Waals surface area (Å²) in [6, 6.07) is 9.30. The van der Waals surface area contributed by atoms with Crippen LogP contribution in [0.25, 0.3) is 11.0 Å². The van der Waals surface area contributed by atoms with E-state index in [1.807, 2.05) is 0 Å². The highest BCUT2D eigenvalue weighted by Crippen LogP contribution is 2.28. The number of halogens is 2. The van der Waals surface area contributed by atoms with Crippen molar-refractivity contribution >= 4 is 61.5 Å². The number of hydrogen-bond donors (Lipinski definition) is 1. The molecule has 0 aliphatic heterocycles. The van der Waals surface area contributed by atoms with Crippen LogP contribution in [-0.2, 0) is 28.9 Å². The normalized spacial score (nSPS) is 11.6. The lowest BCUT2D eigenvalue weighted by atomic mass is 10.2. The van der Waals surface area contributed by atoms with Gasteiger partial charge >= 0.3 is 5.69 Å². The van der Waals surface area contributed by atoms with Gasteiger partial charge in [0.2, 0.25) is 15.9 Å². The molecule has 0 saturated heterocycles. The highest BCUT2D eigenvalue weighted by molar-refractivity contribution is 7.92. The van der Waals surface area contributed by atoms with Crippen molar-refractivity contribution in [1.29, 1.82) is 0 Å². The van der Waals surface area contributed by atoms with Crippen LogP contribution in [0.2, 0.25) is 10.0 Å². The molecule has 11 heteroatoms. The van der Waals surface area contributed by atoms with E-state index in [2.05, 4.69) is 5.32 Å². The van der Waals surface area contributed by atoms with Crippen molar-refractivity contribution in [3.8, 4) is 0 Å². The molecule has 0 unspecified atom stereocenters. The van der Waals surface area contributed by atoms with Crippen LogP contribution in [-0.4, -0.2) is 36.3 Å². The Hall–Kier alpha value is -2.49. The van der Waals surface area contributed by atoms with E-state index < -0.39 is 22.5 Å². The van der Waals surface area contributed by atoms with Crippen LogP contribution < -0.4 is 15.3 Å². The van der Waals surface area contributed by atoms with E-state index >= 15 is 0 Å². The number of carbonyl (C=O) groups excluding carboxylic acids is 1. The lowest BCUT2D eigenvalue weighted by Gasteiger charge is -2.22. The number of rotatable bonds is 5. The van der Waals surface area contributed by atoms with Crippen molar-refractivity contribution in [2.75, 3.05) is 22.4 Å². The quantitative estimate of drug-likeness (QED) is 0.638. The van der Waals surface area contributed by atoms with Crippen molar-refractivity contribution in [3.05, 3.63) is 56.9 Å². The van der Waals surface area contributed by atoms with Gasteiger partial charge in [-0.3, -0.25) is 18.2 Å². The van der Waals surface area contributed by atoms with E-state index in [1.54, 1.807) is 32.3 Å². The first-order valence-corrected chi connectivity index (χ1v) is 11.0. The smallest absolute Gasteiger partial charge is 0.324 e. The first-order valence-electron chi connectivity index (χ1n) is 8.37. The fraction of sp³-hybridized carbons (Fsp3) is 0.222. The number of hydrogen-bond acceptors (Lipinski definition) is 4. The van der Waals surface area contributed by atoms with E-state index in [9.17, 15) is 18.0 Å². The fourth-order valence-electron chi connectivity index (χ4n) is 2.96. The Morgan fingerprint density at radius 3 is 2.31 bits per heavy atom. The minimum atomic E-state index is -3.76. The van der Waals surface area contributed by atoms with Gasteiger partial charge in [0.1, 0.15) is 6.54 Å². The molecule has 3 rings (SSSR count). The SMILES string of the molecule is Cn1c(=O)n(C)c2cc(NC(=O)CN(c3ccc(Cl)c(Cl)c3)S(C)(=O)=O)ccc21. The van der Waals surface area contributed by atoms with Crippen LogP contribution in [0.4, 0.5) is 11.4 Å². The third-order valence-electron chi connectivity index (χ3n) is 4.43. The number of aryl methyl sites for hydroxylation is 2. The average molecular weight is 457 g/mol. The van der Waals surface area contributed by atoms with Crippen LogP contribution in [0.3, 0.4) is 0 Å². The summed E-state index contributed by atoms with van der Waals surface area (Å²) in [5.41, 5.74) is 1.82. The van der Waals surface area contributed by atoms with Crippen molar-refractivity contribution in [2.24, 2.45) is 14.1 Å². The molecule has 0 aliphatic rings. The Morgan fingerprint density at radius 2 is 1.69 bits per heavy atom. The largest absolute Gasteiger partial charge is 0.328 e. The zero-order chi connectivity index (χ0) is 21.5. The topological polar surface area (TPSA) is 93.4 Å². The summed E-state index contributed by atoms with van der Waals surface area (Å²) in [4.78, 5) is 24.6. The molecule has 154 valence electrons. The third kappa shape index (κ3) is 4.26. The number of nitrogens with one attached hydrogen (secondary N) is 1. The number of imidazole rings is 1. The molecule has 0 aliphatic carbocycles. The van der Waals surface area contributed by atoms with E-state index in [0.717, 1.165) is 10.6 Å². The van der Waals surface area contributed by atoms with Crippen molar-refractivity contribution in [2.45, 2.75) is 0 Å². The second-order valence-corrected chi connectivity index (χ2v) is 9.24. The standard InChI is InChI=1S/C18H18Cl2N4O4S/c1-22-15-7-4-11(8-16(15)23(2)18(22)26)21-17(25)10-24(29(3,27)28)12-5-6-13(19)14(20)9-12/h4-9H,10H2,1-3H3,(H,21,25). The van der Waals surface area contributed by atoms with Crippen LogP contribution in [0.1, 0.15) is 0 Å². The van der Waals surface area contributed by atoms with Crippen LogP contribution in [0.5, 0.6) is 0 Å². The molecule has 0 fully saturated rings. The van der Waals surface area contributed by atoms with E-state index in [1.165, 1.54) is 27.3 Å². The highest BCUT2D eigenvalue weighted by atomic mass is 35.5. The molecular weight excluding hydrogens is 439 g/mol. The van der Waals surface area contributed by atoms with Gasteiger partial charge in [0.25, 0.3) is 0 Å². The first kappa shape index (κ1) is 21.2. The molecular formula is C18H18Cl2N4O4S. The van der Waals surface area contributed by atoms with Crippen molar-refractivity contribution in [3.63, 3.8) is 0 Å². The number of nitrogens with zero attached hydrogens (tertiary/aromatic N) is 3. The van der Waals surface area contributed by atoms with Crippen LogP contribution >= 0.6 is 23.2 Å². The summed E-state index contributed by atoms with van der Waals surface area (Å²) in [5.74, 6) is -0.554. The monoisotopic (exact) mass is 456 g/mol. The Labute approximate surface area is 177 Å². The van der Waals surface area contributed by atoms with Gasteiger partial charge in [-0.15, -0.1) is 0 Å². The summed E-state index contributed by atoms with van der Waals surface area (Å²) in [6.45, 7) is -0.456. The summed E-state index contributed by atoms with van der Waals surface area (Å²) in [7, 11) is -0.469. The van der Waals surface area contributed by atoms with Crippen LogP contribution in [0, 0.1) is 0 Å². The van der Waals surface area contributed by atoms with Gasteiger partial charge in [0.05, 0.1) is 33.0 Å². The molecule has 1 amide bonds. The zero-order valence-corrected chi connectivity index (χ0v) is 18.1. The first-order chi connectivity index (χ1) is 13.5. The number of fused-ring (bicyclic) bond motifs is 1. The summed E-state index contributed by atoms with van der Waals surface area (Å²) in [5, 5.41) is 3.11. The van der Waals surface area contributed by atoms with E-state index in [4.69, 9.17) is 23.2 Å². The molecule has 1 heterocycles. The predicted molar refractivity (Wildman–Crippen MR) is 115 cm³/mol. The van der Waals surface area contributed by atoms with E-state index in [-0.39, 0.29) is 21.4 Å². The maximum atomic E-state index is 12.5. The van der Waals surface area contributed by atoms with Gasteiger partial charge in [-0.25, -0.2) is 13.2 Å². The van der Waals surface area contributed by atoms with Crippen LogP contribution in [0.15, 0.2) is 41.2 Å². The molecule has 1 N–H and O–H groups in total. The van der Waals surface area contributed by atoms with Crippen molar-refractivity contribution in [1.82, 2.24) is 9.13 Å². The molecule has 8 nitrogen and oxygen atoms in total. The second-order valence-electron chi connectivity index (χ2n) is 6.52. The maximum absolute atomic E-state index is 12.5. The van der Waals surface area contributed by atoms with Crippen molar-refractivity contribution < 1.29 is 13.2 Å². The molecule has 0 atom stereocenters. The Kier molecular flexibility index (Phi) is 5.66. The molecule has 0 radical (unpaired) electrons. The predicted octanol–water partition coefficient (Wildman–Crippen LogP) is 2.59. The van der Waals surface area contributed by atoms with Gasteiger partial charge in [0.15, 0.2) is 0 Å². The molecule has 3 aromatic rings. The van der Waals surface area contributed by atoms with Gasteiger partial charge in [0, 0.05) is 19.8 Å². The van der Waals surface area contributed by atoms with Gasteiger partial charge < -0.3 is 5.32 Å². The Morgan fingerprint density at radius 1 is 1.03 bits per heavy atom. The summed E-state index contributed by atoms with van der Waals surface area (Å²) >= 11 is 11.9. The lowest BCUT2D eigenvalue weighted by molar-refractivity contribution is -0.114. The minimum absolute atomic E-state index is 0.175. The number of sulfonamides is 1. The number of aromatic nitrogens is 2. The number of carbonyl (C=O) groups is 1. The fourth-order valence-corrected chi connectivity index (χ4v) is 4.10. The number of anilines is 2. The average Bonchev–Trinajstić information content (AvgIpc) is 2.85. The van der Waals surface area contributed by atoms with Gasteiger partial charge in [-0.2, -0.15) is 0 Å². The lowest BCUT2D eigenvalue weighted by Crippen LogP contribution is -2.37. The second kappa shape index (κ2) is 7.74. The number of amides is 1. The molecule has 29 heavy (non-hydrogen) atoms. The van der Waals surface area contributed by atoms with E-state index in [0.29, 0.717) is 16.7 Å². The summed E-state index contributed by atoms with van der Waals surface area (Å²) in [6.07, 6.45) is 0.995. The Balaban J connectivity index is 1.87. The summed E-state index contributed by atoms with van der Waals surface area (Å²) < 4.78 is 28.3. The highest BCUT2D eigenvalue weighted by Gasteiger charge is 2.22.